The Hall–Kier alpha value is -2.18. The zero-order valence-electron chi connectivity index (χ0n) is 13.2. The fraction of sp³-hybridized carbons (Fsp3) is 0.167. The molecule has 0 saturated heterocycles. The van der Waals surface area contributed by atoms with E-state index in [9.17, 15) is 13.2 Å². The van der Waals surface area contributed by atoms with Gasteiger partial charge < -0.3 is 5.73 Å². The van der Waals surface area contributed by atoms with Crippen molar-refractivity contribution in [1.29, 1.82) is 0 Å². The minimum atomic E-state index is -3.41. The van der Waals surface area contributed by atoms with Crippen LogP contribution < -0.4 is 5.73 Å². The first-order valence-corrected chi connectivity index (χ1v) is 9.95. The van der Waals surface area contributed by atoms with E-state index in [1.54, 1.807) is 24.3 Å². The van der Waals surface area contributed by atoms with Crippen molar-refractivity contribution in [3.8, 4) is 0 Å². The summed E-state index contributed by atoms with van der Waals surface area (Å²) in [4.78, 5) is 12.4. The van der Waals surface area contributed by atoms with E-state index in [2.05, 4.69) is 0 Å². The number of fused-ring (bicyclic) bond motifs is 1. The maximum absolute atomic E-state index is 12.5. The van der Waals surface area contributed by atoms with Crippen molar-refractivity contribution in [1.82, 2.24) is 0 Å². The van der Waals surface area contributed by atoms with Crippen LogP contribution in [0.3, 0.4) is 0 Å². The van der Waals surface area contributed by atoms with E-state index in [1.807, 2.05) is 31.2 Å². The number of benzene rings is 2. The molecule has 0 atom stereocenters. The fourth-order valence-corrected chi connectivity index (χ4v) is 5.01. The molecule has 0 aliphatic carbocycles. The molecule has 0 fully saturated rings. The largest absolute Gasteiger partial charge is 0.365 e. The summed E-state index contributed by atoms with van der Waals surface area (Å²) in [5.41, 5.74) is 7.20. The molecule has 2 aromatic carbocycles. The highest BCUT2D eigenvalue weighted by Crippen LogP contribution is 2.32. The number of hydrogen-bond donors (Lipinski definition) is 1. The average Bonchev–Trinajstić information content (AvgIpc) is 2.92. The normalized spacial score (nSPS) is 11.7. The Bertz CT molecular complexity index is 1000. The number of primary amides is 1. The molecule has 6 heteroatoms. The van der Waals surface area contributed by atoms with Gasteiger partial charge in [0.05, 0.1) is 15.5 Å². The van der Waals surface area contributed by atoms with Gasteiger partial charge in [0.2, 0.25) is 0 Å². The van der Waals surface area contributed by atoms with Crippen LogP contribution in [0.25, 0.3) is 10.1 Å². The Labute approximate surface area is 144 Å². The summed E-state index contributed by atoms with van der Waals surface area (Å²) in [7, 11) is -3.41. The van der Waals surface area contributed by atoms with E-state index >= 15 is 0 Å². The van der Waals surface area contributed by atoms with E-state index in [-0.39, 0.29) is 12.2 Å². The van der Waals surface area contributed by atoms with Gasteiger partial charge in [0.15, 0.2) is 9.84 Å². The highest BCUT2D eigenvalue weighted by Gasteiger charge is 2.20. The molecule has 0 radical (unpaired) electrons. The zero-order chi connectivity index (χ0) is 17.3. The number of carbonyl (C=O) groups is 1. The van der Waals surface area contributed by atoms with Gasteiger partial charge in [0.1, 0.15) is 0 Å². The Morgan fingerprint density at radius 3 is 2.42 bits per heavy atom. The molecule has 0 aliphatic heterocycles. The first kappa shape index (κ1) is 16.7. The smallest absolute Gasteiger partial charge is 0.259 e. The van der Waals surface area contributed by atoms with Gasteiger partial charge in [-0.3, -0.25) is 4.79 Å². The lowest BCUT2D eigenvalue weighted by Crippen LogP contribution is -2.14. The maximum atomic E-state index is 12.5. The van der Waals surface area contributed by atoms with Gasteiger partial charge in [-0.2, -0.15) is 0 Å². The molecule has 0 spiro atoms. The summed E-state index contributed by atoms with van der Waals surface area (Å²) >= 11 is 1.31. The third-order valence-electron chi connectivity index (χ3n) is 3.92. The third kappa shape index (κ3) is 3.20. The monoisotopic (exact) mass is 359 g/mol. The molecular weight excluding hydrogens is 342 g/mol. The third-order valence-corrected chi connectivity index (χ3v) is 6.88. The summed E-state index contributed by atoms with van der Waals surface area (Å²) in [6.07, 6.45) is 0.262. The lowest BCUT2D eigenvalue weighted by Gasteiger charge is -2.06. The minimum absolute atomic E-state index is 0.0585. The van der Waals surface area contributed by atoms with Gasteiger partial charge in [0.25, 0.3) is 5.91 Å². The van der Waals surface area contributed by atoms with Gasteiger partial charge >= 0.3 is 0 Å². The van der Waals surface area contributed by atoms with Crippen LogP contribution in [0.5, 0.6) is 0 Å². The Morgan fingerprint density at radius 2 is 1.75 bits per heavy atom. The van der Waals surface area contributed by atoms with Crippen LogP contribution in [0.4, 0.5) is 0 Å². The number of carbonyl (C=O) groups excluding carboxylic acids is 1. The predicted octanol–water partition coefficient (Wildman–Crippen LogP) is 3.33. The standard InChI is InChI=1S/C18H17NO3S2/c1-12-6-8-13(9-7-12)24(21,22)11-10-15-14-4-2-3-5-16(14)23-17(15)18(19)20/h2-9H,10-11H2,1H3,(H2,19,20). The van der Waals surface area contributed by atoms with Crippen LogP contribution in [0, 0.1) is 6.92 Å². The number of sulfone groups is 1. The number of rotatable bonds is 5. The zero-order valence-corrected chi connectivity index (χ0v) is 14.8. The van der Waals surface area contributed by atoms with Crippen molar-refractivity contribution in [2.24, 2.45) is 5.73 Å². The minimum Gasteiger partial charge on any atom is -0.365 e. The van der Waals surface area contributed by atoms with E-state index in [0.717, 1.165) is 21.2 Å². The topological polar surface area (TPSA) is 77.2 Å². The molecule has 0 aliphatic rings. The Balaban J connectivity index is 1.94. The van der Waals surface area contributed by atoms with Crippen molar-refractivity contribution in [2.75, 3.05) is 5.75 Å². The summed E-state index contributed by atoms with van der Waals surface area (Å²) < 4.78 is 26.0. The predicted molar refractivity (Wildman–Crippen MR) is 97.3 cm³/mol. The van der Waals surface area contributed by atoms with Crippen LogP contribution in [0.2, 0.25) is 0 Å². The van der Waals surface area contributed by atoms with Gasteiger partial charge in [-0.1, -0.05) is 35.9 Å². The van der Waals surface area contributed by atoms with Crippen molar-refractivity contribution in [3.05, 3.63) is 64.5 Å². The molecule has 3 aromatic rings. The van der Waals surface area contributed by atoms with Gasteiger partial charge in [0, 0.05) is 4.70 Å². The molecular formula is C18H17NO3S2. The molecule has 3 rings (SSSR count). The lowest BCUT2D eigenvalue weighted by atomic mass is 10.1. The van der Waals surface area contributed by atoms with Crippen molar-refractivity contribution >= 4 is 37.2 Å². The quantitative estimate of drug-likeness (QED) is 0.759. The van der Waals surface area contributed by atoms with Gasteiger partial charge in [-0.15, -0.1) is 11.3 Å². The molecule has 0 saturated carbocycles. The summed E-state index contributed by atoms with van der Waals surface area (Å²) in [5.74, 6) is -0.573. The van der Waals surface area contributed by atoms with Gasteiger partial charge in [-0.05, 0) is 42.5 Å². The number of hydrogen-bond acceptors (Lipinski definition) is 4. The Morgan fingerprint density at radius 1 is 1.08 bits per heavy atom. The van der Waals surface area contributed by atoms with Crippen LogP contribution in [-0.2, 0) is 16.3 Å². The van der Waals surface area contributed by atoms with Crippen molar-refractivity contribution in [2.45, 2.75) is 18.2 Å². The molecule has 1 heterocycles. The number of nitrogens with two attached hydrogens (primary N) is 1. The van der Waals surface area contributed by atoms with E-state index in [1.165, 1.54) is 11.3 Å². The van der Waals surface area contributed by atoms with Gasteiger partial charge in [-0.25, -0.2) is 8.42 Å². The second-order valence-corrected chi connectivity index (χ2v) is 8.81. The summed E-state index contributed by atoms with van der Waals surface area (Å²) in [5, 5.41) is 0.899. The highest BCUT2D eigenvalue weighted by molar-refractivity contribution is 7.91. The van der Waals surface area contributed by atoms with Crippen LogP contribution >= 0.6 is 11.3 Å². The highest BCUT2D eigenvalue weighted by atomic mass is 32.2. The molecule has 0 bridgehead atoms. The van der Waals surface area contributed by atoms with E-state index < -0.39 is 15.7 Å². The molecule has 0 unspecified atom stereocenters. The Kier molecular flexibility index (Phi) is 4.43. The van der Waals surface area contributed by atoms with Crippen LogP contribution in [-0.4, -0.2) is 20.1 Å². The molecule has 1 aromatic heterocycles. The maximum Gasteiger partial charge on any atom is 0.259 e. The van der Waals surface area contributed by atoms with E-state index in [4.69, 9.17) is 5.73 Å². The first-order valence-electron chi connectivity index (χ1n) is 7.48. The molecule has 1 amide bonds. The molecule has 24 heavy (non-hydrogen) atoms. The number of aryl methyl sites for hydroxylation is 2. The first-order chi connectivity index (χ1) is 11.4. The molecule has 4 nitrogen and oxygen atoms in total. The molecule has 2 N–H and O–H groups in total. The average molecular weight is 359 g/mol. The SMILES string of the molecule is Cc1ccc(S(=O)(=O)CCc2c(C(N)=O)sc3ccccc23)cc1. The van der Waals surface area contributed by atoms with Crippen molar-refractivity contribution in [3.63, 3.8) is 0 Å². The second kappa shape index (κ2) is 6.37. The number of amides is 1. The molecule has 124 valence electrons. The summed E-state index contributed by atoms with van der Waals surface area (Å²) in [6, 6.07) is 14.4. The van der Waals surface area contributed by atoms with E-state index in [0.29, 0.717) is 9.77 Å². The number of thiophene rings is 1. The fourth-order valence-electron chi connectivity index (χ4n) is 2.65. The summed E-state index contributed by atoms with van der Waals surface area (Å²) in [6.45, 7) is 1.91. The van der Waals surface area contributed by atoms with Crippen molar-refractivity contribution < 1.29 is 13.2 Å². The second-order valence-electron chi connectivity index (χ2n) is 5.65. The lowest BCUT2D eigenvalue weighted by molar-refractivity contribution is 0.100. The van der Waals surface area contributed by atoms with Crippen LogP contribution in [0.15, 0.2) is 53.4 Å². The van der Waals surface area contributed by atoms with Crippen LogP contribution in [0.1, 0.15) is 20.8 Å².